The van der Waals surface area contributed by atoms with Crippen LogP contribution in [0.25, 0.3) is 0 Å². The number of benzene rings is 1. The van der Waals surface area contributed by atoms with E-state index in [2.05, 4.69) is 15.3 Å². The van der Waals surface area contributed by atoms with Crippen LogP contribution in [0.15, 0.2) is 36.7 Å². The van der Waals surface area contributed by atoms with Crippen molar-refractivity contribution in [1.29, 1.82) is 0 Å². The average molecular weight is 215 g/mol. The summed E-state index contributed by atoms with van der Waals surface area (Å²) in [4.78, 5) is 8.15. The SMILES string of the molecule is c1cnc(Nc2ccc3c(c2)OCO3)nc1. The Bertz CT molecular complexity index is 502. The van der Waals surface area contributed by atoms with Gasteiger partial charge in [-0.15, -0.1) is 0 Å². The lowest BCUT2D eigenvalue weighted by molar-refractivity contribution is 0.174. The predicted molar refractivity (Wildman–Crippen MR) is 57.9 cm³/mol. The zero-order chi connectivity index (χ0) is 10.8. The van der Waals surface area contributed by atoms with Crippen LogP contribution in [0.4, 0.5) is 11.6 Å². The second kappa shape index (κ2) is 3.69. The largest absolute Gasteiger partial charge is 0.454 e. The summed E-state index contributed by atoms with van der Waals surface area (Å²) in [5.74, 6) is 2.06. The van der Waals surface area contributed by atoms with Crippen LogP contribution in [-0.2, 0) is 0 Å². The number of nitrogens with zero attached hydrogens (tertiary/aromatic N) is 2. The molecule has 1 aromatic carbocycles. The molecule has 2 aromatic rings. The molecule has 0 spiro atoms. The lowest BCUT2D eigenvalue weighted by atomic mass is 10.3. The van der Waals surface area contributed by atoms with Crippen molar-refractivity contribution in [3.8, 4) is 11.5 Å². The van der Waals surface area contributed by atoms with Crippen molar-refractivity contribution in [1.82, 2.24) is 9.97 Å². The van der Waals surface area contributed by atoms with E-state index in [-0.39, 0.29) is 6.79 Å². The fourth-order valence-electron chi connectivity index (χ4n) is 1.47. The molecule has 2 heterocycles. The van der Waals surface area contributed by atoms with Gasteiger partial charge in [-0.1, -0.05) is 0 Å². The highest BCUT2D eigenvalue weighted by atomic mass is 16.7. The Labute approximate surface area is 92.1 Å². The number of hydrogen-bond acceptors (Lipinski definition) is 5. The highest BCUT2D eigenvalue weighted by Gasteiger charge is 2.13. The zero-order valence-corrected chi connectivity index (χ0v) is 8.38. The third kappa shape index (κ3) is 1.63. The van der Waals surface area contributed by atoms with Crippen molar-refractivity contribution < 1.29 is 9.47 Å². The lowest BCUT2D eigenvalue weighted by Crippen LogP contribution is -1.95. The molecule has 16 heavy (non-hydrogen) atoms. The standard InChI is InChI=1S/C11H9N3O2/c1-4-12-11(13-5-1)14-8-2-3-9-10(6-8)16-7-15-9/h1-6H,7H2,(H,12,13,14). The summed E-state index contributed by atoms with van der Waals surface area (Å²) in [6.45, 7) is 0.278. The number of fused-ring (bicyclic) bond motifs is 1. The number of nitrogens with one attached hydrogen (secondary N) is 1. The molecule has 0 saturated carbocycles. The van der Waals surface area contributed by atoms with E-state index in [1.807, 2.05) is 18.2 Å². The van der Waals surface area contributed by atoms with Crippen LogP contribution in [0.2, 0.25) is 0 Å². The molecule has 0 unspecified atom stereocenters. The van der Waals surface area contributed by atoms with Crippen molar-refractivity contribution >= 4 is 11.6 Å². The molecule has 0 fully saturated rings. The molecule has 80 valence electrons. The van der Waals surface area contributed by atoms with Crippen LogP contribution in [0.3, 0.4) is 0 Å². The molecule has 5 nitrogen and oxygen atoms in total. The van der Waals surface area contributed by atoms with Crippen LogP contribution < -0.4 is 14.8 Å². The minimum atomic E-state index is 0.278. The summed E-state index contributed by atoms with van der Waals surface area (Å²) in [6, 6.07) is 7.38. The monoisotopic (exact) mass is 215 g/mol. The Morgan fingerprint density at radius 2 is 1.88 bits per heavy atom. The van der Waals surface area contributed by atoms with Gasteiger partial charge in [0.05, 0.1) is 0 Å². The molecule has 0 amide bonds. The number of ether oxygens (including phenoxy) is 2. The van der Waals surface area contributed by atoms with E-state index in [4.69, 9.17) is 9.47 Å². The lowest BCUT2D eigenvalue weighted by Gasteiger charge is -2.04. The van der Waals surface area contributed by atoms with E-state index in [1.165, 1.54) is 0 Å². The summed E-state index contributed by atoms with van der Waals surface area (Å²) in [5.41, 5.74) is 0.871. The topological polar surface area (TPSA) is 56.3 Å². The van der Waals surface area contributed by atoms with Gasteiger partial charge >= 0.3 is 0 Å². The van der Waals surface area contributed by atoms with Crippen LogP contribution in [-0.4, -0.2) is 16.8 Å². The van der Waals surface area contributed by atoms with Gasteiger partial charge in [-0.3, -0.25) is 0 Å². The molecule has 0 atom stereocenters. The first-order valence-corrected chi connectivity index (χ1v) is 4.85. The molecule has 0 radical (unpaired) electrons. The van der Waals surface area contributed by atoms with Gasteiger partial charge in [0.1, 0.15) is 0 Å². The van der Waals surface area contributed by atoms with Crippen molar-refractivity contribution in [2.75, 3.05) is 12.1 Å². The maximum atomic E-state index is 5.27. The molecule has 5 heteroatoms. The molecule has 1 aliphatic heterocycles. The Kier molecular flexibility index (Phi) is 2.07. The van der Waals surface area contributed by atoms with Gasteiger partial charge in [-0.05, 0) is 18.2 Å². The molecule has 1 N–H and O–H groups in total. The van der Waals surface area contributed by atoms with E-state index in [1.54, 1.807) is 18.5 Å². The summed E-state index contributed by atoms with van der Waals surface area (Å²) in [7, 11) is 0. The van der Waals surface area contributed by atoms with E-state index in [9.17, 15) is 0 Å². The van der Waals surface area contributed by atoms with Crippen LogP contribution in [0, 0.1) is 0 Å². The first-order valence-electron chi connectivity index (χ1n) is 4.85. The molecule has 1 aliphatic rings. The Hall–Kier alpha value is -2.30. The van der Waals surface area contributed by atoms with Crippen molar-refractivity contribution in [2.24, 2.45) is 0 Å². The van der Waals surface area contributed by atoms with Gasteiger partial charge in [-0.2, -0.15) is 0 Å². The minimum Gasteiger partial charge on any atom is -0.454 e. The van der Waals surface area contributed by atoms with E-state index >= 15 is 0 Å². The fraction of sp³-hybridized carbons (Fsp3) is 0.0909. The van der Waals surface area contributed by atoms with Gasteiger partial charge in [0, 0.05) is 24.1 Å². The molecular weight excluding hydrogens is 206 g/mol. The van der Waals surface area contributed by atoms with Gasteiger partial charge in [0.25, 0.3) is 0 Å². The Morgan fingerprint density at radius 1 is 1.06 bits per heavy atom. The van der Waals surface area contributed by atoms with Gasteiger partial charge < -0.3 is 14.8 Å². The summed E-state index contributed by atoms with van der Waals surface area (Å²) in [5, 5.41) is 3.08. The maximum Gasteiger partial charge on any atom is 0.231 e. The molecule has 1 aromatic heterocycles. The van der Waals surface area contributed by atoms with Crippen LogP contribution in [0.5, 0.6) is 11.5 Å². The maximum absolute atomic E-state index is 5.27. The Morgan fingerprint density at radius 3 is 2.75 bits per heavy atom. The van der Waals surface area contributed by atoms with E-state index in [0.717, 1.165) is 17.2 Å². The van der Waals surface area contributed by atoms with Gasteiger partial charge in [0.15, 0.2) is 11.5 Å². The summed E-state index contributed by atoms with van der Waals surface area (Å²) < 4.78 is 10.5. The predicted octanol–water partition coefficient (Wildman–Crippen LogP) is 1.95. The van der Waals surface area contributed by atoms with Crippen molar-refractivity contribution in [3.63, 3.8) is 0 Å². The van der Waals surface area contributed by atoms with Crippen molar-refractivity contribution in [2.45, 2.75) is 0 Å². The minimum absolute atomic E-state index is 0.278. The normalized spacial score (nSPS) is 12.5. The van der Waals surface area contributed by atoms with Crippen LogP contribution in [0.1, 0.15) is 0 Å². The van der Waals surface area contributed by atoms with Crippen molar-refractivity contribution in [3.05, 3.63) is 36.7 Å². The second-order valence-electron chi connectivity index (χ2n) is 3.27. The second-order valence-corrected chi connectivity index (χ2v) is 3.27. The quantitative estimate of drug-likeness (QED) is 0.829. The molecule has 0 aliphatic carbocycles. The number of anilines is 2. The molecule has 3 rings (SSSR count). The van der Waals surface area contributed by atoms with Gasteiger partial charge in [-0.25, -0.2) is 9.97 Å². The summed E-state index contributed by atoms with van der Waals surface area (Å²) >= 11 is 0. The number of hydrogen-bond donors (Lipinski definition) is 1. The number of aromatic nitrogens is 2. The number of rotatable bonds is 2. The molecular formula is C11H9N3O2. The average Bonchev–Trinajstić information content (AvgIpc) is 2.77. The highest BCUT2D eigenvalue weighted by Crippen LogP contribution is 2.34. The summed E-state index contributed by atoms with van der Waals surface area (Å²) in [6.07, 6.45) is 3.37. The third-order valence-electron chi connectivity index (χ3n) is 2.19. The molecule has 0 saturated heterocycles. The molecule has 0 bridgehead atoms. The smallest absolute Gasteiger partial charge is 0.231 e. The fourth-order valence-corrected chi connectivity index (χ4v) is 1.47. The highest BCUT2D eigenvalue weighted by molar-refractivity contribution is 5.60. The third-order valence-corrected chi connectivity index (χ3v) is 2.19. The van der Waals surface area contributed by atoms with E-state index in [0.29, 0.717) is 5.95 Å². The van der Waals surface area contributed by atoms with Crippen LogP contribution >= 0.6 is 0 Å². The van der Waals surface area contributed by atoms with E-state index < -0.39 is 0 Å². The Balaban J connectivity index is 1.86. The first-order chi connectivity index (χ1) is 7.92. The first kappa shape index (κ1) is 8.96. The zero-order valence-electron chi connectivity index (χ0n) is 8.38. The van der Waals surface area contributed by atoms with Gasteiger partial charge in [0.2, 0.25) is 12.7 Å².